The third-order valence-electron chi connectivity index (χ3n) is 4.92. The van der Waals surface area contributed by atoms with Gasteiger partial charge in [-0.1, -0.05) is 17.7 Å². The number of halogens is 1. The van der Waals surface area contributed by atoms with Crippen molar-refractivity contribution in [1.29, 1.82) is 0 Å². The number of amides is 2. The van der Waals surface area contributed by atoms with E-state index in [4.69, 9.17) is 22.1 Å². The summed E-state index contributed by atoms with van der Waals surface area (Å²) in [6.45, 7) is 4.98. The van der Waals surface area contributed by atoms with Gasteiger partial charge in [0.05, 0.1) is 22.8 Å². The molecule has 0 spiro atoms. The topological polar surface area (TPSA) is 97.5 Å². The number of ether oxygens (including phenoxy) is 1. The Labute approximate surface area is 175 Å². The molecule has 0 radical (unpaired) electrons. The Hall–Kier alpha value is -2.80. The van der Waals surface area contributed by atoms with Crippen LogP contribution >= 0.6 is 11.6 Å². The maximum absolute atomic E-state index is 12.4. The summed E-state index contributed by atoms with van der Waals surface area (Å²) in [5, 5.41) is 3.25. The first-order valence-corrected chi connectivity index (χ1v) is 9.95. The fourth-order valence-electron chi connectivity index (χ4n) is 3.25. The second kappa shape index (κ2) is 9.13. The van der Waals surface area contributed by atoms with E-state index in [9.17, 15) is 9.59 Å². The number of aromatic nitrogens is 1. The van der Waals surface area contributed by atoms with Gasteiger partial charge in [-0.25, -0.2) is 4.98 Å². The number of pyridine rings is 1. The molecular formula is C21H25ClN4O3. The zero-order valence-electron chi connectivity index (χ0n) is 16.5. The minimum atomic E-state index is -0.729. The maximum atomic E-state index is 12.4. The van der Waals surface area contributed by atoms with Gasteiger partial charge in [-0.15, -0.1) is 0 Å². The molecule has 2 heterocycles. The molecule has 2 atom stereocenters. The zero-order chi connectivity index (χ0) is 21.0. The lowest BCUT2D eigenvalue weighted by molar-refractivity contribution is -0.122. The molecule has 2 unspecified atom stereocenters. The van der Waals surface area contributed by atoms with Crippen molar-refractivity contribution < 1.29 is 14.3 Å². The Bertz CT molecular complexity index is 888. The van der Waals surface area contributed by atoms with E-state index in [2.05, 4.69) is 10.3 Å². The Balaban J connectivity index is 1.59. The molecule has 2 amide bonds. The highest BCUT2D eigenvalue weighted by Gasteiger charge is 2.24. The van der Waals surface area contributed by atoms with Crippen molar-refractivity contribution in [2.75, 3.05) is 23.3 Å². The number of rotatable bonds is 6. The van der Waals surface area contributed by atoms with Crippen LogP contribution in [0, 0.1) is 12.8 Å². The van der Waals surface area contributed by atoms with Crippen LogP contribution in [-0.4, -0.2) is 36.0 Å². The molecule has 154 valence electrons. The molecule has 1 aromatic carbocycles. The number of nitrogens with one attached hydrogen (secondary N) is 1. The first-order chi connectivity index (χ1) is 13.8. The predicted octanol–water partition coefficient (Wildman–Crippen LogP) is 3.15. The molecule has 3 rings (SSSR count). The molecule has 0 aliphatic carbocycles. The van der Waals surface area contributed by atoms with Gasteiger partial charge in [0.2, 0.25) is 5.91 Å². The van der Waals surface area contributed by atoms with Crippen LogP contribution in [0.15, 0.2) is 36.5 Å². The number of carbonyl (C=O) groups is 2. The van der Waals surface area contributed by atoms with Crippen molar-refractivity contribution in [2.45, 2.75) is 32.8 Å². The molecule has 1 aliphatic heterocycles. The molecular weight excluding hydrogens is 392 g/mol. The summed E-state index contributed by atoms with van der Waals surface area (Å²) >= 11 is 6.13. The number of piperidine rings is 1. The van der Waals surface area contributed by atoms with Gasteiger partial charge in [0, 0.05) is 13.1 Å². The van der Waals surface area contributed by atoms with Crippen LogP contribution in [-0.2, 0) is 9.59 Å². The minimum absolute atomic E-state index is 0.156. The third kappa shape index (κ3) is 5.38. The van der Waals surface area contributed by atoms with Crippen molar-refractivity contribution in [3.63, 3.8) is 0 Å². The van der Waals surface area contributed by atoms with Gasteiger partial charge in [-0.05, 0) is 56.5 Å². The Morgan fingerprint density at radius 3 is 2.83 bits per heavy atom. The van der Waals surface area contributed by atoms with Crippen LogP contribution in [0.5, 0.6) is 5.75 Å². The predicted molar refractivity (Wildman–Crippen MR) is 113 cm³/mol. The number of primary amides is 1. The van der Waals surface area contributed by atoms with Gasteiger partial charge in [-0.3, -0.25) is 9.59 Å². The lowest BCUT2D eigenvalue weighted by atomic mass is 9.97. The van der Waals surface area contributed by atoms with Gasteiger partial charge in [0.1, 0.15) is 11.6 Å². The maximum Gasteiger partial charge on any atom is 0.265 e. The highest BCUT2D eigenvalue weighted by Crippen LogP contribution is 2.27. The molecule has 7 nitrogen and oxygen atoms in total. The summed E-state index contributed by atoms with van der Waals surface area (Å²) in [5.41, 5.74) is 6.99. The van der Waals surface area contributed by atoms with Crippen LogP contribution in [0.1, 0.15) is 25.3 Å². The van der Waals surface area contributed by atoms with Gasteiger partial charge < -0.3 is 20.7 Å². The van der Waals surface area contributed by atoms with Crippen molar-refractivity contribution in [3.8, 4) is 5.75 Å². The molecule has 0 saturated carbocycles. The Kier molecular flexibility index (Phi) is 6.59. The van der Waals surface area contributed by atoms with Gasteiger partial charge in [-0.2, -0.15) is 0 Å². The van der Waals surface area contributed by atoms with E-state index in [0.717, 1.165) is 30.8 Å². The average molecular weight is 417 g/mol. The largest absolute Gasteiger partial charge is 0.479 e. The van der Waals surface area contributed by atoms with E-state index >= 15 is 0 Å². The number of benzene rings is 1. The van der Waals surface area contributed by atoms with Crippen molar-refractivity contribution in [2.24, 2.45) is 11.7 Å². The molecule has 1 aromatic heterocycles. The molecule has 1 aliphatic rings. The van der Waals surface area contributed by atoms with Gasteiger partial charge in [0.15, 0.2) is 6.10 Å². The lowest BCUT2D eigenvalue weighted by Gasteiger charge is -2.32. The van der Waals surface area contributed by atoms with Crippen LogP contribution < -0.4 is 20.7 Å². The average Bonchev–Trinajstić information content (AvgIpc) is 2.71. The summed E-state index contributed by atoms with van der Waals surface area (Å²) in [5.74, 6) is 0.489. The summed E-state index contributed by atoms with van der Waals surface area (Å²) in [6, 6.07) is 9.01. The van der Waals surface area contributed by atoms with Crippen LogP contribution in [0.4, 0.5) is 11.5 Å². The van der Waals surface area contributed by atoms with Crippen molar-refractivity contribution in [1.82, 2.24) is 4.98 Å². The highest BCUT2D eigenvalue weighted by atomic mass is 35.5. The van der Waals surface area contributed by atoms with E-state index in [-0.39, 0.29) is 17.7 Å². The molecule has 3 N–H and O–H groups in total. The van der Waals surface area contributed by atoms with Crippen molar-refractivity contribution in [3.05, 3.63) is 47.1 Å². The summed E-state index contributed by atoms with van der Waals surface area (Å²) in [4.78, 5) is 30.4. The number of nitrogens with two attached hydrogens (primary N) is 1. The highest BCUT2D eigenvalue weighted by molar-refractivity contribution is 6.32. The molecule has 29 heavy (non-hydrogen) atoms. The first-order valence-electron chi connectivity index (χ1n) is 9.57. The van der Waals surface area contributed by atoms with Crippen LogP contribution in [0.25, 0.3) is 0 Å². The fraction of sp³-hybridized carbons (Fsp3) is 0.381. The summed E-state index contributed by atoms with van der Waals surface area (Å²) in [6.07, 6.45) is 2.56. The summed E-state index contributed by atoms with van der Waals surface area (Å²) < 4.78 is 5.70. The molecule has 1 saturated heterocycles. The normalized spacial score (nSPS) is 17.5. The van der Waals surface area contributed by atoms with E-state index < -0.39 is 6.10 Å². The van der Waals surface area contributed by atoms with Gasteiger partial charge in [0.25, 0.3) is 5.91 Å². The second-order valence-corrected chi connectivity index (χ2v) is 7.68. The fourth-order valence-corrected chi connectivity index (χ4v) is 3.42. The van der Waals surface area contributed by atoms with E-state index in [1.807, 2.05) is 24.0 Å². The zero-order valence-corrected chi connectivity index (χ0v) is 17.3. The minimum Gasteiger partial charge on any atom is -0.479 e. The number of nitrogens with zero attached hydrogens (tertiary/aromatic N) is 2. The van der Waals surface area contributed by atoms with E-state index in [1.54, 1.807) is 31.3 Å². The van der Waals surface area contributed by atoms with Crippen molar-refractivity contribution >= 4 is 34.9 Å². The first kappa shape index (κ1) is 20.9. The third-order valence-corrected chi connectivity index (χ3v) is 5.24. The molecule has 0 bridgehead atoms. The van der Waals surface area contributed by atoms with E-state index in [0.29, 0.717) is 23.0 Å². The molecule has 8 heteroatoms. The Morgan fingerprint density at radius 1 is 1.34 bits per heavy atom. The monoisotopic (exact) mass is 416 g/mol. The Morgan fingerprint density at radius 2 is 2.14 bits per heavy atom. The second-order valence-electron chi connectivity index (χ2n) is 7.28. The molecule has 1 fully saturated rings. The number of aryl methyl sites for hydroxylation is 1. The lowest BCUT2D eigenvalue weighted by Crippen LogP contribution is -2.41. The standard InChI is InChI=1S/C21H25ClN4O3/c1-13-5-7-17(22)18(10-13)29-14(2)21(28)25-16-6-8-19(24-11-16)26-9-3-4-15(12-26)20(23)27/h5-8,10-11,14-15H,3-4,9,12H2,1-2H3,(H2,23,27)(H,25,28). The number of anilines is 2. The number of hydrogen-bond acceptors (Lipinski definition) is 5. The van der Waals surface area contributed by atoms with Crippen LogP contribution in [0.2, 0.25) is 5.02 Å². The summed E-state index contributed by atoms with van der Waals surface area (Å²) in [7, 11) is 0. The quantitative estimate of drug-likeness (QED) is 0.753. The number of hydrogen-bond donors (Lipinski definition) is 2. The molecule has 2 aromatic rings. The smallest absolute Gasteiger partial charge is 0.265 e. The number of carbonyl (C=O) groups excluding carboxylic acids is 2. The van der Waals surface area contributed by atoms with Gasteiger partial charge >= 0.3 is 0 Å². The SMILES string of the molecule is Cc1ccc(Cl)c(OC(C)C(=O)Nc2ccc(N3CCCC(C(N)=O)C3)nc2)c1. The van der Waals surface area contributed by atoms with Crippen LogP contribution in [0.3, 0.4) is 0 Å². The van der Waals surface area contributed by atoms with E-state index in [1.165, 1.54) is 0 Å².